The van der Waals surface area contributed by atoms with Crippen LogP contribution in [0.15, 0.2) is 224 Å². The Kier molecular flexibility index (Phi) is 7.91. The Morgan fingerprint density at radius 2 is 0.712 bits per heavy atom. The van der Waals surface area contributed by atoms with Crippen LogP contribution in [0.1, 0.15) is 0 Å². The minimum atomic E-state index is 0.635. The van der Waals surface area contributed by atoms with Crippen molar-refractivity contribution >= 4 is 86.7 Å². The molecule has 14 aromatic rings. The highest BCUT2D eigenvalue weighted by Gasteiger charge is 2.21. The quantitative estimate of drug-likeness (QED) is 0.173. The van der Waals surface area contributed by atoms with E-state index in [9.17, 15) is 0 Å². The van der Waals surface area contributed by atoms with Crippen molar-refractivity contribution in [1.82, 2.24) is 24.1 Å². The minimum absolute atomic E-state index is 0.635. The molecule has 5 heteroatoms. The predicted octanol–water partition coefficient (Wildman–Crippen LogP) is 15.7. The Labute approximate surface area is 379 Å². The Hall–Kier alpha value is -8.93. The average Bonchev–Trinajstić information content (AvgIpc) is 3.89. The zero-order chi connectivity index (χ0) is 43.3. The van der Waals surface area contributed by atoms with Crippen LogP contribution in [0.3, 0.4) is 0 Å². The second kappa shape index (κ2) is 14.3. The van der Waals surface area contributed by atoms with Gasteiger partial charge in [-0.15, -0.1) is 0 Å². The molecule has 3 heterocycles. The van der Waals surface area contributed by atoms with Gasteiger partial charge in [0.15, 0.2) is 17.5 Å². The van der Waals surface area contributed by atoms with Gasteiger partial charge in [-0.25, -0.2) is 15.0 Å². The fourth-order valence-corrected chi connectivity index (χ4v) is 10.3. The van der Waals surface area contributed by atoms with E-state index >= 15 is 0 Å². The lowest BCUT2D eigenvalue weighted by Gasteiger charge is -2.12. The van der Waals surface area contributed by atoms with Gasteiger partial charge in [-0.3, -0.25) is 0 Å². The van der Waals surface area contributed by atoms with Crippen molar-refractivity contribution in [3.05, 3.63) is 224 Å². The number of fused-ring (bicyclic) bond motifs is 11. The SMILES string of the molecule is c1ccc(-n2c3cc4c(cc3c3c5ccccc5ccc32)c2ccccc2n4-c2ccc3cc(-c4nc(-c5ccc6ccccc6c5)nc(-c5ccc6ccccc6c5)n4)ccc3c2)cc1. The molecule has 3 aromatic heterocycles. The van der Waals surface area contributed by atoms with Crippen molar-refractivity contribution in [2.24, 2.45) is 0 Å². The van der Waals surface area contributed by atoms with Crippen molar-refractivity contribution < 1.29 is 0 Å². The number of aromatic nitrogens is 5. The summed E-state index contributed by atoms with van der Waals surface area (Å²) >= 11 is 0. The van der Waals surface area contributed by atoms with Gasteiger partial charge in [0, 0.05) is 49.6 Å². The standard InChI is InChI=1S/C61H37N5/c1-2-17-48(18-3-1)65-55-31-29-40-14-8-9-19-50(40)58(55)53-36-52-51-20-10-11-21-54(51)66(56(52)37-57(53)65)49-30-28-43-34-47(27-24-44(43)35-49)61-63-59(45-25-22-38-12-4-6-15-41(38)32-45)62-60(64-61)46-26-23-39-13-5-7-16-42(39)33-46/h1-37H. The topological polar surface area (TPSA) is 48.5 Å². The minimum Gasteiger partial charge on any atom is -0.309 e. The van der Waals surface area contributed by atoms with Crippen molar-refractivity contribution in [1.29, 1.82) is 0 Å². The maximum Gasteiger partial charge on any atom is 0.164 e. The van der Waals surface area contributed by atoms with Crippen LogP contribution in [0.2, 0.25) is 0 Å². The van der Waals surface area contributed by atoms with E-state index in [0.29, 0.717) is 17.5 Å². The summed E-state index contributed by atoms with van der Waals surface area (Å²) in [6.45, 7) is 0. The van der Waals surface area contributed by atoms with Gasteiger partial charge in [-0.1, -0.05) is 158 Å². The van der Waals surface area contributed by atoms with E-state index < -0.39 is 0 Å². The third-order valence-corrected chi connectivity index (χ3v) is 13.5. The normalized spacial score (nSPS) is 11.9. The average molecular weight is 840 g/mol. The van der Waals surface area contributed by atoms with E-state index in [1.165, 1.54) is 59.6 Å². The van der Waals surface area contributed by atoms with Gasteiger partial charge in [-0.2, -0.15) is 0 Å². The first-order valence-corrected chi connectivity index (χ1v) is 22.4. The van der Waals surface area contributed by atoms with Gasteiger partial charge in [0.1, 0.15) is 0 Å². The van der Waals surface area contributed by atoms with Gasteiger partial charge < -0.3 is 9.13 Å². The lowest BCUT2D eigenvalue weighted by Crippen LogP contribution is -2.00. The molecule has 0 saturated carbocycles. The molecule has 0 aliphatic rings. The molecular formula is C61H37N5. The molecule has 5 nitrogen and oxygen atoms in total. The number of para-hydroxylation sites is 2. The Morgan fingerprint density at radius 3 is 1.38 bits per heavy atom. The zero-order valence-corrected chi connectivity index (χ0v) is 35.6. The molecule has 14 rings (SSSR count). The molecule has 66 heavy (non-hydrogen) atoms. The fourth-order valence-electron chi connectivity index (χ4n) is 10.3. The molecule has 0 unspecified atom stereocenters. The lowest BCUT2D eigenvalue weighted by atomic mass is 10.0. The second-order valence-corrected chi connectivity index (χ2v) is 17.3. The van der Waals surface area contributed by atoms with Crippen LogP contribution in [-0.2, 0) is 0 Å². The highest BCUT2D eigenvalue weighted by Crippen LogP contribution is 2.42. The second-order valence-electron chi connectivity index (χ2n) is 17.3. The summed E-state index contributed by atoms with van der Waals surface area (Å²) in [5.41, 5.74) is 9.79. The predicted molar refractivity (Wildman–Crippen MR) is 275 cm³/mol. The Bertz CT molecular complexity index is 4200. The van der Waals surface area contributed by atoms with E-state index in [-0.39, 0.29) is 0 Å². The monoisotopic (exact) mass is 839 g/mol. The van der Waals surface area contributed by atoms with Crippen LogP contribution in [0.4, 0.5) is 0 Å². The number of nitrogens with zero attached hydrogens (tertiary/aromatic N) is 5. The third-order valence-electron chi connectivity index (χ3n) is 13.5. The number of hydrogen-bond donors (Lipinski definition) is 0. The first kappa shape index (κ1) is 36.5. The third kappa shape index (κ3) is 5.70. The number of benzene rings is 11. The molecule has 306 valence electrons. The van der Waals surface area contributed by atoms with Crippen molar-refractivity contribution in [2.75, 3.05) is 0 Å². The molecular weight excluding hydrogens is 803 g/mol. The maximum atomic E-state index is 5.16. The molecule has 0 fully saturated rings. The van der Waals surface area contributed by atoms with E-state index in [1.54, 1.807) is 0 Å². The first-order valence-electron chi connectivity index (χ1n) is 22.4. The van der Waals surface area contributed by atoms with Crippen LogP contribution in [0.25, 0.3) is 132 Å². The molecule has 0 amide bonds. The van der Waals surface area contributed by atoms with E-state index in [4.69, 9.17) is 15.0 Å². The van der Waals surface area contributed by atoms with E-state index in [0.717, 1.165) is 55.1 Å². The van der Waals surface area contributed by atoms with Gasteiger partial charge in [-0.05, 0) is 110 Å². The molecule has 0 spiro atoms. The summed E-state index contributed by atoms with van der Waals surface area (Å²) < 4.78 is 4.86. The molecule has 0 bridgehead atoms. The van der Waals surface area contributed by atoms with Crippen molar-refractivity contribution in [3.63, 3.8) is 0 Å². The number of hydrogen-bond acceptors (Lipinski definition) is 3. The molecule has 0 aliphatic carbocycles. The summed E-state index contributed by atoms with van der Waals surface area (Å²) in [4.78, 5) is 15.4. The van der Waals surface area contributed by atoms with Crippen LogP contribution < -0.4 is 0 Å². The molecule has 11 aromatic carbocycles. The first-order chi connectivity index (χ1) is 32.7. The van der Waals surface area contributed by atoms with Gasteiger partial charge in [0.25, 0.3) is 0 Å². The summed E-state index contributed by atoms with van der Waals surface area (Å²) in [5.74, 6) is 1.92. The Balaban J connectivity index is 0.938. The molecule has 0 atom stereocenters. The lowest BCUT2D eigenvalue weighted by molar-refractivity contribution is 1.08. The Morgan fingerprint density at radius 1 is 0.242 bits per heavy atom. The summed E-state index contributed by atoms with van der Waals surface area (Å²) in [6.07, 6.45) is 0. The summed E-state index contributed by atoms with van der Waals surface area (Å²) in [6, 6.07) is 80.6. The molecule has 0 saturated heterocycles. The van der Waals surface area contributed by atoms with Crippen LogP contribution in [-0.4, -0.2) is 24.1 Å². The highest BCUT2D eigenvalue weighted by molar-refractivity contribution is 6.25. The van der Waals surface area contributed by atoms with Crippen LogP contribution in [0, 0.1) is 0 Å². The fraction of sp³-hybridized carbons (Fsp3) is 0. The smallest absolute Gasteiger partial charge is 0.164 e. The van der Waals surface area contributed by atoms with E-state index in [1.807, 2.05) is 0 Å². The summed E-state index contributed by atoms with van der Waals surface area (Å²) in [7, 11) is 0. The van der Waals surface area contributed by atoms with Gasteiger partial charge in [0.05, 0.1) is 22.1 Å². The van der Waals surface area contributed by atoms with Crippen LogP contribution >= 0.6 is 0 Å². The van der Waals surface area contributed by atoms with Crippen LogP contribution in [0.5, 0.6) is 0 Å². The molecule has 0 aliphatic heterocycles. The van der Waals surface area contributed by atoms with Crippen molar-refractivity contribution in [3.8, 4) is 45.5 Å². The maximum absolute atomic E-state index is 5.16. The molecule has 0 N–H and O–H groups in total. The van der Waals surface area contributed by atoms with Crippen molar-refractivity contribution in [2.45, 2.75) is 0 Å². The molecule has 0 radical (unpaired) electrons. The van der Waals surface area contributed by atoms with E-state index in [2.05, 4.69) is 234 Å². The summed E-state index contributed by atoms with van der Waals surface area (Å²) in [5, 5.41) is 14.4. The van der Waals surface area contributed by atoms with Gasteiger partial charge in [0.2, 0.25) is 0 Å². The largest absolute Gasteiger partial charge is 0.309 e. The van der Waals surface area contributed by atoms with Gasteiger partial charge >= 0.3 is 0 Å². The zero-order valence-electron chi connectivity index (χ0n) is 35.6. The highest BCUT2D eigenvalue weighted by atomic mass is 15.0. The number of rotatable bonds is 5.